The number of carbonyl (C=O) groups is 1. The van der Waals surface area contributed by atoms with Crippen molar-refractivity contribution in [2.45, 2.75) is 25.1 Å². The molecule has 1 aliphatic rings. The third kappa shape index (κ3) is 3.62. The second-order valence-electron chi connectivity index (χ2n) is 4.84. The quantitative estimate of drug-likeness (QED) is 0.903. The van der Waals surface area contributed by atoms with Gasteiger partial charge < -0.3 is 10.0 Å². The van der Waals surface area contributed by atoms with Crippen molar-refractivity contribution < 1.29 is 23.1 Å². The lowest BCUT2D eigenvalue weighted by molar-refractivity contribution is -0.222. The van der Waals surface area contributed by atoms with Crippen LogP contribution in [-0.4, -0.2) is 51.3 Å². The van der Waals surface area contributed by atoms with Gasteiger partial charge in [-0.1, -0.05) is 11.6 Å². The molecule has 116 valence electrons. The molecule has 0 spiro atoms. The van der Waals surface area contributed by atoms with E-state index in [9.17, 15) is 23.1 Å². The van der Waals surface area contributed by atoms with Crippen molar-refractivity contribution in [3.8, 4) is 0 Å². The maximum Gasteiger partial charge on any atom is 0.414 e. The SMILES string of the molecule is O=C(c1ncncc1Cl)N1CCC(C(O)C(F)(F)F)CC1. The fraction of sp³-hybridized carbons (Fsp3) is 0.583. The molecule has 0 aliphatic carbocycles. The van der Waals surface area contributed by atoms with E-state index in [0.717, 1.165) is 0 Å². The van der Waals surface area contributed by atoms with Gasteiger partial charge >= 0.3 is 6.18 Å². The molecule has 0 aromatic carbocycles. The van der Waals surface area contributed by atoms with E-state index in [1.807, 2.05) is 0 Å². The summed E-state index contributed by atoms with van der Waals surface area (Å²) in [6.07, 6.45) is -4.37. The van der Waals surface area contributed by atoms with Crippen molar-refractivity contribution in [2.24, 2.45) is 5.92 Å². The van der Waals surface area contributed by atoms with Crippen LogP contribution in [0.25, 0.3) is 0 Å². The first-order chi connectivity index (χ1) is 9.80. The van der Waals surface area contributed by atoms with E-state index in [1.54, 1.807) is 0 Å². The first kappa shape index (κ1) is 16.0. The number of likely N-dealkylation sites (tertiary alicyclic amines) is 1. The van der Waals surface area contributed by atoms with Crippen LogP contribution >= 0.6 is 11.6 Å². The lowest BCUT2D eigenvalue weighted by atomic mass is 9.91. The Labute approximate surface area is 123 Å². The fourth-order valence-corrected chi connectivity index (χ4v) is 2.49. The van der Waals surface area contributed by atoms with Gasteiger partial charge in [-0.05, 0) is 18.8 Å². The molecular weight excluding hydrogens is 311 g/mol. The Kier molecular flexibility index (Phi) is 4.67. The zero-order valence-corrected chi connectivity index (χ0v) is 11.6. The average Bonchev–Trinajstić information content (AvgIpc) is 2.45. The summed E-state index contributed by atoms with van der Waals surface area (Å²) >= 11 is 5.82. The van der Waals surface area contributed by atoms with Gasteiger partial charge in [0.2, 0.25) is 0 Å². The van der Waals surface area contributed by atoms with Gasteiger partial charge in [0, 0.05) is 19.3 Å². The van der Waals surface area contributed by atoms with E-state index in [4.69, 9.17) is 11.6 Å². The zero-order chi connectivity index (χ0) is 15.6. The Balaban J connectivity index is 1.98. The van der Waals surface area contributed by atoms with Crippen LogP contribution in [0.1, 0.15) is 23.3 Å². The van der Waals surface area contributed by atoms with E-state index < -0.39 is 24.1 Å². The van der Waals surface area contributed by atoms with Gasteiger partial charge in [-0.15, -0.1) is 0 Å². The number of nitrogens with zero attached hydrogens (tertiary/aromatic N) is 3. The van der Waals surface area contributed by atoms with Gasteiger partial charge in [0.15, 0.2) is 6.10 Å². The number of aliphatic hydroxyl groups excluding tert-OH is 1. The minimum Gasteiger partial charge on any atom is -0.383 e. The highest BCUT2D eigenvalue weighted by molar-refractivity contribution is 6.33. The summed E-state index contributed by atoms with van der Waals surface area (Å²) < 4.78 is 37.3. The average molecular weight is 324 g/mol. The Morgan fingerprint density at radius 1 is 1.43 bits per heavy atom. The molecule has 1 aliphatic heterocycles. The highest BCUT2D eigenvalue weighted by atomic mass is 35.5. The minimum atomic E-state index is -4.63. The van der Waals surface area contributed by atoms with Crippen molar-refractivity contribution >= 4 is 17.5 Å². The normalized spacial score (nSPS) is 18.6. The molecule has 1 atom stereocenters. The van der Waals surface area contributed by atoms with E-state index in [-0.39, 0.29) is 36.6 Å². The molecule has 2 rings (SSSR count). The highest BCUT2D eigenvalue weighted by Crippen LogP contribution is 2.32. The van der Waals surface area contributed by atoms with Gasteiger partial charge in [-0.25, -0.2) is 9.97 Å². The molecular formula is C12H13ClF3N3O2. The van der Waals surface area contributed by atoms with E-state index in [1.165, 1.54) is 17.4 Å². The molecule has 1 aromatic rings. The van der Waals surface area contributed by atoms with Crippen LogP contribution < -0.4 is 0 Å². The maximum absolute atomic E-state index is 12.4. The predicted octanol–water partition coefficient (Wildman–Crippen LogP) is 1.91. The summed E-state index contributed by atoms with van der Waals surface area (Å²) in [7, 11) is 0. The molecule has 9 heteroatoms. The summed E-state index contributed by atoms with van der Waals surface area (Å²) in [4.78, 5) is 21.0. The van der Waals surface area contributed by atoms with Crippen LogP contribution in [0.2, 0.25) is 5.02 Å². The molecule has 1 amide bonds. The lowest BCUT2D eigenvalue weighted by Crippen LogP contribution is -2.45. The molecule has 1 saturated heterocycles. The molecule has 0 bridgehead atoms. The number of aromatic nitrogens is 2. The van der Waals surface area contributed by atoms with E-state index in [2.05, 4.69) is 9.97 Å². The second-order valence-corrected chi connectivity index (χ2v) is 5.24. The molecule has 0 radical (unpaired) electrons. The molecule has 2 heterocycles. The number of alkyl halides is 3. The largest absolute Gasteiger partial charge is 0.414 e. The van der Waals surface area contributed by atoms with Crippen molar-refractivity contribution in [2.75, 3.05) is 13.1 Å². The Hall–Kier alpha value is -1.41. The van der Waals surface area contributed by atoms with Crippen LogP contribution in [-0.2, 0) is 0 Å². The fourth-order valence-electron chi connectivity index (χ4n) is 2.31. The Bertz CT molecular complexity index is 519. The lowest BCUT2D eigenvalue weighted by Gasteiger charge is -2.34. The minimum absolute atomic E-state index is 0.0292. The Morgan fingerprint density at radius 2 is 2.05 bits per heavy atom. The van der Waals surface area contributed by atoms with Gasteiger partial charge in [0.05, 0.1) is 5.02 Å². The number of aliphatic hydroxyl groups is 1. The standard InChI is InChI=1S/C12H13ClF3N3O2/c13-8-5-17-6-18-9(8)11(21)19-3-1-7(2-4-19)10(20)12(14,15)16/h5-7,10,20H,1-4H2. The number of piperidine rings is 1. The van der Waals surface area contributed by atoms with Crippen LogP contribution in [0.3, 0.4) is 0 Å². The summed E-state index contributed by atoms with van der Waals surface area (Å²) in [5, 5.41) is 9.32. The van der Waals surface area contributed by atoms with Gasteiger partial charge in [-0.3, -0.25) is 4.79 Å². The van der Waals surface area contributed by atoms with Crippen molar-refractivity contribution in [3.63, 3.8) is 0 Å². The number of hydrogen-bond donors (Lipinski definition) is 1. The number of halogens is 4. The molecule has 1 aromatic heterocycles. The first-order valence-corrected chi connectivity index (χ1v) is 6.68. The van der Waals surface area contributed by atoms with Crippen LogP contribution in [0, 0.1) is 5.92 Å². The first-order valence-electron chi connectivity index (χ1n) is 6.30. The highest BCUT2D eigenvalue weighted by Gasteiger charge is 2.44. The van der Waals surface area contributed by atoms with Crippen molar-refractivity contribution in [1.29, 1.82) is 0 Å². The molecule has 1 fully saturated rings. The Morgan fingerprint density at radius 3 is 2.57 bits per heavy atom. The van der Waals surface area contributed by atoms with Gasteiger partial charge in [0.1, 0.15) is 12.0 Å². The number of amides is 1. The third-order valence-electron chi connectivity index (χ3n) is 3.48. The van der Waals surface area contributed by atoms with Crippen molar-refractivity contribution in [1.82, 2.24) is 14.9 Å². The molecule has 1 N–H and O–H groups in total. The molecule has 1 unspecified atom stereocenters. The van der Waals surface area contributed by atoms with Gasteiger partial charge in [0.25, 0.3) is 5.91 Å². The molecule has 5 nitrogen and oxygen atoms in total. The number of hydrogen-bond acceptors (Lipinski definition) is 4. The topological polar surface area (TPSA) is 66.3 Å². The predicted molar refractivity (Wildman–Crippen MR) is 67.7 cm³/mol. The van der Waals surface area contributed by atoms with Crippen LogP contribution in [0.5, 0.6) is 0 Å². The number of carbonyl (C=O) groups excluding carboxylic acids is 1. The van der Waals surface area contributed by atoms with Gasteiger partial charge in [-0.2, -0.15) is 13.2 Å². The number of rotatable bonds is 2. The molecule has 21 heavy (non-hydrogen) atoms. The summed E-state index contributed by atoms with van der Waals surface area (Å²) in [6.45, 7) is 0.244. The van der Waals surface area contributed by atoms with Crippen molar-refractivity contribution in [3.05, 3.63) is 23.2 Å². The summed E-state index contributed by atoms with van der Waals surface area (Å²) in [6, 6.07) is 0. The zero-order valence-electron chi connectivity index (χ0n) is 10.8. The smallest absolute Gasteiger partial charge is 0.383 e. The second kappa shape index (κ2) is 6.15. The summed E-state index contributed by atoms with van der Waals surface area (Å²) in [5.41, 5.74) is 0.0292. The van der Waals surface area contributed by atoms with E-state index in [0.29, 0.717) is 0 Å². The van der Waals surface area contributed by atoms with Crippen LogP contribution in [0.15, 0.2) is 12.5 Å². The van der Waals surface area contributed by atoms with E-state index >= 15 is 0 Å². The molecule has 0 saturated carbocycles. The monoisotopic (exact) mass is 323 g/mol. The maximum atomic E-state index is 12.4. The van der Waals surface area contributed by atoms with Crippen LogP contribution in [0.4, 0.5) is 13.2 Å². The summed E-state index contributed by atoms with van der Waals surface area (Å²) in [5.74, 6) is -1.34. The third-order valence-corrected chi connectivity index (χ3v) is 3.76.